The van der Waals surface area contributed by atoms with Gasteiger partial charge in [-0.25, -0.2) is 0 Å². The molecule has 25 heavy (non-hydrogen) atoms. The summed E-state index contributed by atoms with van der Waals surface area (Å²) in [7, 11) is 0. The van der Waals surface area contributed by atoms with E-state index in [4.69, 9.17) is 18.9 Å². The third-order valence-corrected chi connectivity index (χ3v) is 5.44. The smallest absolute Gasteiger partial charge is 0.171 e. The second kappa shape index (κ2) is 5.46. The van der Waals surface area contributed by atoms with E-state index >= 15 is 0 Å². The zero-order valence-corrected chi connectivity index (χ0v) is 13.9. The molecule has 130 valence electrons. The molecule has 2 aromatic rings. The maximum absolute atomic E-state index is 11.1. The van der Waals surface area contributed by atoms with Crippen molar-refractivity contribution in [3.05, 3.63) is 48.4 Å². The van der Waals surface area contributed by atoms with Gasteiger partial charge in [0.1, 0.15) is 11.9 Å². The van der Waals surface area contributed by atoms with Gasteiger partial charge in [0.15, 0.2) is 23.0 Å². The van der Waals surface area contributed by atoms with Crippen LogP contribution < -0.4 is 9.47 Å². The first-order chi connectivity index (χ1) is 12.2. The number of hydrogen-bond acceptors (Lipinski definition) is 5. The number of benzene rings is 2. The first-order valence-corrected chi connectivity index (χ1v) is 8.74. The van der Waals surface area contributed by atoms with Gasteiger partial charge in [-0.3, -0.25) is 0 Å². The molecule has 0 aromatic heterocycles. The Bertz CT molecular complexity index is 840. The summed E-state index contributed by atoms with van der Waals surface area (Å²) < 4.78 is 23.3. The Morgan fingerprint density at radius 3 is 2.16 bits per heavy atom. The fourth-order valence-electron chi connectivity index (χ4n) is 3.91. The van der Waals surface area contributed by atoms with Crippen molar-refractivity contribution < 1.29 is 24.1 Å². The molecule has 0 atom stereocenters. The second-order valence-electron chi connectivity index (χ2n) is 6.99. The summed E-state index contributed by atoms with van der Waals surface area (Å²) in [5.74, 6) is 1.25. The van der Waals surface area contributed by atoms with E-state index in [0.717, 1.165) is 10.8 Å². The number of rotatable bonds is 1. The van der Waals surface area contributed by atoms with Crippen LogP contribution in [0.25, 0.3) is 10.8 Å². The molecule has 0 amide bonds. The summed E-state index contributed by atoms with van der Waals surface area (Å²) in [5.41, 5.74) is -1.05. The van der Waals surface area contributed by atoms with Crippen LogP contribution in [-0.2, 0) is 9.47 Å². The van der Waals surface area contributed by atoms with Gasteiger partial charge in [0, 0.05) is 12.8 Å². The monoisotopic (exact) mass is 340 g/mol. The van der Waals surface area contributed by atoms with Crippen LogP contribution in [0.1, 0.15) is 25.7 Å². The van der Waals surface area contributed by atoms with E-state index in [1.165, 1.54) is 6.26 Å². The highest BCUT2D eigenvalue weighted by Gasteiger charge is 2.48. The molecule has 2 aromatic carbocycles. The van der Waals surface area contributed by atoms with Crippen LogP contribution in [0.3, 0.4) is 0 Å². The van der Waals surface area contributed by atoms with Gasteiger partial charge in [-0.2, -0.15) is 0 Å². The average Bonchev–Trinajstić information content (AvgIpc) is 3.11. The lowest BCUT2D eigenvalue weighted by molar-refractivity contribution is -0.200. The predicted octanol–water partition coefficient (Wildman–Crippen LogP) is 3.50. The molecule has 1 saturated carbocycles. The van der Waals surface area contributed by atoms with Gasteiger partial charge in [-0.15, -0.1) is 0 Å². The van der Waals surface area contributed by atoms with Gasteiger partial charge in [0.2, 0.25) is 0 Å². The zero-order chi connectivity index (χ0) is 16.9. The Kier molecular flexibility index (Phi) is 3.32. The Balaban J connectivity index is 1.40. The van der Waals surface area contributed by atoms with Crippen LogP contribution in [0, 0.1) is 0 Å². The molecular formula is C20H20O5. The van der Waals surface area contributed by atoms with Crippen molar-refractivity contribution in [1.82, 2.24) is 0 Å². The fraction of sp³-hybridized carbons (Fsp3) is 0.400. The summed E-state index contributed by atoms with van der Waals surface area (Å²) in [6.45, 7) is 1.25. The summed E-state index contributed by atoms with van der Waals surface area (Å²) in [5, 5.41) is 13.3. The van der Waals surface area contributed by atoms with Crippen LogP contribution in [0.5, 0.6) is 11.5 Å². The van der Waals surface area contributed by atoms with Gasteiger partial charge in [0.05, 0.1) is 13.2 Å². The normalized spacial score (nSPS) is 23.6. The van der Waals surface area contributed by atoms with Crippen molar-refractivity contribution in [1.29, 1.82) is 0 Å². The fourth-order valence-corrected chi connectivity index (χ4v) is 3.91. The Hall–Kier alpha value is -2.08. The largest absolute Gasteiger partial charge is 0.457 e. The number of ether oxygens (including phenoxy) is 4. The van der Waals surface area contributed by atoms with Crippen molar-refractivity contribution in [2.75, 3.05) is 13.2 Å². The van der Waals surface area contributed by atoms with E-state index in [2.05, 4.69) is 0 Å². The Morgan fingerprint density at radius 1 is 0.840 bits per heavy atom. The molecule has 0 unspecified atom stereocenters. The molecule has 1 N–H and O–H groups in total. The molecule has 2 fully saturated rings. The molecule has 2 heterocycles. The van der Waals surface area contributed by atoms with E-state index in [1.54, 1.807) is 0 Å². The Labute approximate surface area is 145 Å². The zero-order valence-electron chi connectivity index (χ0n) is 13.9. The van der Waals surface area contributed by atoms with E-state index in [9.17, 15) is 5.11 Å². The van der Waals surface area contributed by atoms with Crippen molar-refractivity contribution in [2.24, 2.45) is 0 Å². The molecule has 0 radical (unpaired) electrons. The summed E-state index contributed by atoms with van der Waals surface area (Å²) in [6.07, 6.45) is 3.87. The quantitative estimate of drug-likeness (QED) is 0.861. The molecule has 5 heteroatoms. The average molecular weight is 340 g/mol. The van der Waals surface area contributed by atoms with Crippen LogP contribution in [0.15, 0.2) is 48.4 Å². The van der Waals surface area contributed by atoms with Crippen LogP contribution in [0.2, 0.25) is 0 Å². The Morgan fingerprint density at radius 2 is 1.48 bits per heavy atom. The minimum Gasteiger partial charge on any atom is -0.457 e. The highest BCUT2D eigenvalue weighted by atomic mass is 16.7. The van der Waals surface area contributed by atoms with Crippen LogP contribution in [-0.4, -0.2) is 29.7 Å². The highest BCUT2D eigenvalue weighted by molar-refractivity contribution is 5.86. The summed E-state index contributed by atoms with van der Waals surface area (Å²) in [6, 6.07) is 12.0. The van der Waals surface area contributed by atoms with Gasteiger partial charge >= 0.3 is 0 Å². The molecular weight excluding hydrogens is 320 g/mol. The molecule has 5 nitrogen and oxygen atoms in total. The van der Waals surface area contributed by atoms with Gasteiger partial charge in [-0.05, 0) is 35.7 Å². The minimum atomic E-state index is -1.05. The second-order valence-corrected chi connectivity index (χ2v) is 6.99. The van der Waals surface area contributed by atoms with E-state index in [0.29, 0.717) is 56.2 Å². The van der Waals surface area contributed by atoms with Gasteiger partial charge in [-0.1, -0.05) is 24.3 Å². The summed E-state index contributed by atoms with van der Waals surface area (Å²) >= 11 is 0. The number of aliphatic hydroxyl groups is 1. The van der Waals surface area contributed by atoms with E-state index < -0.39 is 11.4 Å². The summed E-state index contributed by atoms with van der Waals surface area (Å²) in [4.78, 5) is 0. The lowest BCUT2D eigenvalue weighted by Gasteiger charge is -2.41. The topological polar surface area (TPSA) is 57.2 Å². The molecule has 5 rings (SSSR count). The van der Waals surface area contributed by atoms with Gasteiger partial charge in [0.25, 0.3) is 0 Å². The molecule has 1 aliphatic carbocycles. The van der Waals surface area contributed by atoms with Gasteiger partial charge < -0.3 is 24.1 Å². The van der Waals surface area contributed by atoms with Crippen LogP contribution in [0.4, 0.5) is 0 Å². The van der Waals surface area contributed by atoms with E-state index in [1.807, 2.05) is 36.4 Å². The van der Waals surface area contributed by atoms with Crippen molar-refractivity contribution in [2.45, 2.75) is 37.1 Å². The molecule has 2 aliphatic heterocycles. The molecule has 3 aliphatic rings. The molecule has 0 bridgehead atoms. The number of hydrogen-bond donors (Lipinski definition) is 1. The van der Waals surface area contributed by atoms with Crippen molar-refractivity contribution in [3.8, 4) is 11.5 Å². The first-order valence-electron chi connectivity index (χ1n) is 8.74. The number of fused-ring (bicyclic) bond motifs is 2. The first kappa shape index (κ1) is 15.2. The predicted molar refractivity (Wildman–Crippen MR) is 91.3 cm³/mol. The lowest BCUT2D eigenvalue weighted by Crippen LogP contribution is -2.46. The highest BCUT2D eigenvalue weighted by Crippen LogP contribution is 2.46. The third kappa shape index (κ3) is 2.51. The van der Waals surface area contributed by atoms with Crippen LogP contribution >= 0.6 is 0 Å². The SMILES string of the molecule is OC1(C2=COc3cc4ccccc4cc3O2)CCC2(CC1)OCCO2. The van der Waals surface area contributed by atoms with Crippen molar-refractivity contribution >= 4 is 10.8 Å². The van der Waals surface area contributed by atoms with E-state index in [-0.39, 0.29) is 0 Å². The molecule has 1 saturated heterocycles. The van der Waals surface area contributed by atoms with Crippen molar-refractivity contribution in [3.63, 3.8) is 0 Å². The molecule has 1 spiro atoms. The standard InChI is InChI=1S/C20H20O5/c21-19(5-7-20(8-6-19)23-9-10-24-20)18-13-22-16-11-14-3-1-2-4-15(14)12-17(16)25-18/h1-4,11-13,21H,5-10H2. The third-order valence-electron chi connectivity index (χ3n) is 5.44. The lowest BCUT2D eigenvalue weighted by atomic mass is 9.80. The maximum Gasteiger partial charge on any atom is 0.171 e. The maximum atomic E-state index is 11.1. The minimum absolute atomic E-state index is 0.461.